The van der Waals surface area contributed by atoms with Crippen LogP contribution < -0.4 is 0 Å². The van der Waals surface area contributed by atoms with Crippen LogP contribution in [0.25, 0.3) is 0 Å². The monoisotopic (exact) mass is 352 g/mol. The predicted molar refractivity (Wildman–Crippen MR) is 103 cm³/mol. The fourth-order valence-electron chi connectivity index (χ4n) is 3.53. The highest BCUT2D eigenvalue weighted by atomic mass is 16.7. The summed E-state index contributed by atoms with van der Waals surface area (Å²) in [6.07, 6.45) is 0.791. The van der Waals surface area contributed by atoms with E-state index in [1.165, 1.54) is 16.2 Å². The van der Waals surface area contributed by atoms with Gasteiger partial charge < -0.3 is 0 Å². The summed E-state index contributed by atoms with van der Waals surface area (Å²) in [5, 5.41) is 1.45. The van der Waals surface area contributed by atoms with Gasteiger partial charge in [0.05, 0.1) is 18.2 Å². The van der Waals surface area contributed by atoms with Crippen LogP contribution in [-0.2, 0) is 9.63 Å². The Hall–Kier alpha value is -2.17. The van der Waals surface area contributed by atoms with Gasteiger partial charge in [-0.2, -0.15) is 0 Å². The van der Waals surface area contributed by atoms with E-state index in [2.05, 4.69) is 65.6 Å². The van der Waals surface area contributed by atoms with Crippen molar-refractivity contribution in [3.8, 4) is 0 Å². The molecule has 0 aliphatic carbocycles. The highest BCUT2D eigenvalue weighted by Gasteiger charge is 2.35. The van der Waals surface area contributed by atoms with Gasteiger partial charge >= 0.3 is 0 Å². The zero-order chi connectivity index (χ0) is 18.6. The Morgan fingerprint density at radius 1 is 1.04 bits per heavy atom. The van der Waals surface area contributed by atoms with E-state index in [1.54, 1.807) is 0 Å². The number of amides is 1. The minimum absolute atomic E-state index is 0.252. The Balaban J connectivity index is 1.67. The maximum Gasteiger partial charge on any atom is 0.233 e. The molecule has 1 heterocycles. The number of benzene rings is 2. The molecule has 0 spiro atoms. The molecule has 0 aromatic heterocycles. The first kappa shape index (κ1) is 18.6. The van der Waals surface area contributed by atoms with Crippen molar-refractivity contribution in [1.82, 2.24) is 9.96 Å². The second-order valence-electron chi connectivity index (χ2n) is 7.95. The molecule has 3 rings (SSSR count). The van der Waals surface area contributed by atoms with Crippen molar-refractivity contribution >= 4 is 6.41 Å². The molecule has 1 amide bonds. The standard InChI is InChI=1S/C22H28N2O2/c1-22(2,3)26-24(17-25)16-18-14-23(15-18)21(19-10-6-4-7-11-19)20-12-8-5-9-13-20/h4-13,17-18,21H,14-16H2,1-3H3. The molecule has 138 valence electrons. The normalized spacial score (nSPS) is 15.7. The van der Waals surface area contributed by atoms with Crippen LogP contribution in [0, 0.1) is 5.92 Å². The average Bonchev–Trinajstić information content (AvgIpc) is 2.59. The Labute approximate surface area is 156 Å². The number of carbonyl (C=O) groups excluding carboxylic acids is 1. The summed E-state index contributed by atoms with van der Waals surface area (Å²) < 4.78 is 0. The van der Waals surface area contributed by atoms with Gasteiger partial charge in [-0.05, 0) is 31.9 Å². The molecule has 0 atom stereocenters. The van der Waals surface area contributed by atoms with Crippen LogP contribution in [-0.4, -0.2) is 41.6 Å². The van der Waals surface area contributed by atoms with Crippen molar-refractivity contribution in [3.05, 3.63) is 71.8 Å². The van der Waals surface area contributed by atoms with Crippen LogP contribution in [0.4, 0.5) is 0 Å². The van der Waals surface area contributed by atoms with Gasteiger partial charge in [0.1, 0.15) is 0 Å². The summed E-state index contributed by atoms with van der Waals surface area (Å²) in [4.78, 5) is 19.5. The summed E-state index contributed by atoms with van der Waals surface area (Å²) in [5.41, 5.74) is 2.24. The molecule has 1 saturated heterocycles. The van der Waals surface area contributed by atoms with Gasteiger partial charge in [-0.25, -0.2) is 5.06 Å². The highest BCUT2D eigenvalue weighted by Crippen LogP contribution is 2.34. The van der Waals surface area contributed by atoms with Gasteiger partial charge in [0.15, 0.2) is 0 Å². The number of carbonyl (C=O) groups is 1. The smallest absolute Gasteiger partial charge is 0.233 e. The molecule has 1 aliphatic rings. The fraction of sp³-hybridized carbons (Fsp3) is 0.409. The van der Waals surface area contributed by atoms with Crippen molar-refractivity contribution in [2.45, 2.75) is 32.4 Å². The number of hydrogen-bond acceptors (Lipinski definition) is 3. The van der Waals surface area contributed by atoms with Gasteiger partial charge in [0.25, 0.3) is 0 Å². The average molecular weight is 352 g/mol. The molecule has 1 fully saturated rings. The first-order valence-corrected chi connectivity index (χ1v) is 9.21. The lowest BCUT2D eigenvalue weighted by molar-refractivity contribution is -0.224. The van der Waals surface area contributed by atoms with E-state index in [0.717, 1.165) is 19.5 Å². The number of rotatable bonds is 7. The molecular weight excluding hydrogens is 324 g/mol. The summed E-state index contributed by atoms with van der Waals surface area (Å²) in [7, 11) is 0. The topological polar surface area (TPSA) is 32.8 Å². The van der Waals surface area contributed by atoms with E-state index < -0.39 is 0 Å². The first-order chi connectivity index (χ1) is 12.5. The third-order valence-corrected chi connectivity index (χ3v) is 4.53. The molecule has 2 aromatic carbocycles. The lowest BCUT2D eigenvalue weighted by atomic mass is 9.90. The van der Waals surface area contributed by atoms with E-state index >= 15 is 0 Å². The van der Waals surface area contributed by atoms with E-state index in [0.29, 0.717) is 12.5 Å². The Morgan fingerprint density at radius 3 is 1.96 bits per heavy atom. The summed E-state index contributed by atoms with van der Waals surface area (Å²) in [6, 6.07) is 21.5. The van der Waals surface area contributed by atoms with Crippen LogP contribution in [0.5, 0.6) is 0 Å². The van der Waals surface area contributed by atoms with Gasteiger partial charge in [-0.3, -0.25) is 14.5 Å². The van der Waals surface area contributed by atoms with Gasteiger partial charge in [0, 0.05) is 19.0 Å². The van der Waals surface area contributed by atoms with Crippen molar-refractivity contribution in [1.29, 1.82) is 0 Å². The van der Waals surface area contributed by atoms with Crippen LogP contribution in [0.3, 0.4) is 0 Å². The molecule has 4 nitrogen and oxygen atoms in total. The van der Waals surface area contributed by atoms with E-state index in [-0.39, 0.29) is 11.6 Å². The van der Waals surface area contributed by atoms with Gasteiger partial charge in [0.2, 0.25) is 6.41 Å². The molecule has 1 aliphatic heterocycles. The summed E-state index contributed by atoms with van der Waals surface area (Å²) in [5.74, 6) is 0.428. The third kappa shape index (κ3) is 4.71. The second kappa shape index (κ2) is 8.02. The number of likely N-dealkylation sites (tertiary alicyclic amines) is 1. The molecule has 26 heavy (non-hydrogen) atoms. The predicted octanol–water partition coefficient (Wildman–Crippen LogP) is 3.90. The Kier molecular flexibility index (Phi) is 5.74. The largest absolute Gasteiger partial charge is 0.292 e. The zero-order valence-corrected chi connectivity index (χ0v) is 15.8. The zero-order valence-electron chi connectivity index (χ0n) is 15.8. The summed E-state index contributed by atoms with van der Waals surface area (Å²) >= 11 is 0. The molecule has 0 saturated carbocycles. The lowest BCUT2D eigenvalue weighted by Crippen LogP contribution is -2.53. The second-order valence-corrected chi connectivity index (χ2v) is 7.95. The van der Waals surface area contributed by atoms with Crippen LogP contribution in [0.15, 0.2) is 60.7 Å². The fourth-order valence-corrected chi connectivity index (χ4v) is 3.53. The van der Waals surface area contributed by atoms with E-state index in [1.807, 2.05) is 20.8 Å². The molecule has 0 unspecified atom stereocenters. The number of hydrogen-bond donors (Lipinski definition) is 0. The Morgan fingerprint density at radius 2 is 1.54 bits per heavy atom. The number of hydroxylamine groups is 2. The highest BCUT2D eigenvalue weighted by molar-refractivity contribution is 5.45. The minimum atomic E-state index is -0.360. The SMILES string of the molecule is CC(C)(C)ON(C=O)CC1CN(C(c2ccccc2)c2ccccc2)C1. The van der Waals surface area contributed by atoms with Gasteiger partial charge in [-0.1, -0.05) is 60.7 Å². The lowest BCUT2D eigenvalue weighted by Gasteiger charge is -2.46. The molecular formula is C22H28N2O2. The van der Waals surface area contributed by atoms with Crippen molar-refractivity contribution in [2.75, 3.05) is 19.6 Å². The molecule has 0 radical (unpaired) electrons. The van der Waals surface area contributed by atoms with E-state index in [4.69, 9.17) is 4.84 Å². The van der Waals surface area contributed by atoms with Crippen molar-refractivity contribution in [3.63, 3.8) is 0 Å². The molecule has 4 heteroatoms. The molecule has 0 bridgehead atoms. The van der Waals surface area contributed by atoms with Crippen LogP contribution in [0.1, 0.15) is 37.9 Å². The van der Waals surface area contributed by atoms with Crippen LogP contribution >= 0.6 is 0 Å². The van der Waals surface area contributed by atoms with E-state index in [9.17, 15) is 4.79 Å². The molecule has 0 N–H and O–H groups in total. The van der Waals surface area contributed by atoms with Crippen molar-refractivity contribution < 1.29 is 9.63 Å². The summed E-state index contributed by atoms with van der Waals surface area (Å²) in [6.45, 7) is 8.40. The quantitative estimate of drug-likeness (QED) is 0.560. The minimum Gasteiger partial charge on any atom is -0.292 e. The third-order valence-electron chi connectivity index (χ3n) is 4.53. The Bertz CT molecular complexity index is 652. The van der Waals surface area contributed by atoms with Crippen LogP contribution in [0.2, 0.25) is 0 Å². The van der Waals surface area contributed by atoms with Gasteiger partial charge in [-0.15, -0.1) is 0 Å². The maximum atomic E-state index is 11.3. The van der Waals surface area contributed by atoms with Crippen molar-refractivity contribution in [2.24, 2.45) is 5.92 Å². The number of nitrogens with zero attached hydrogens (tertiary/aromatic N) is 2. The first-order valence-electron chi connectivity index (χ1n) is 9.21. The molecule has 2 aromatic rings. The maximum absolute atomic E-state index is 11.3.